The molecule has 80 valence electrons. The highest BCUT2D eigenvalue weighted by molar-refractivity contribution is 5.30. The zero-order valence-corrected chi connectivity index (χ0v) is 10.2. The van der Waals surface area contributed by atoms with Crippen molar-refractivity contribution in [3.8, 4) is 0 Å². The van der Waals surface area contributed by atoms with E-state index in [-0.39, 0.29) is 0 Å². The van der Waals surface area contributed by atoms with Crippen LogP contribution in [0.3, 0.4) is 0 Å². The van der Waals surface area contributed by atoms with E-state index in [4.69, 9.17) is 0 Å². The van der Waals surface area contributed by atoms with Crippen LogP contribution in [0, 0.1) is 0 Å². The zero-order chi connectivity index (χ0) is 11.1. The van der Waals surface area contributed by atoms with Gasteiger partial charge in [0.15, 0.2) is 0 Å². The predicted octanol–water partition coefficient (Wildman–Crippen LogP) is 3.41. The summed E-state index contributed by atoms with van der Waals surface area (Å²) >= 11 is 0. The van der Waals surface area contributed by atoms with Crippen molar-refractivity contribution in [1.29, 1.82) is 0 Å². The molecule has 0 saturated heterocycles. The smallest absolute Gasteiger partial charge is 0.00158 e. The zero-order valence-electron chi connectivity index (χ0n) is 10.2. The SMILES string of the molecule is C=C(C)/C(=C\C=C(C)C)CCN(C)C. The van der Waals surface area contributed by atoms with Crippen LogP contribution < -0.4 is 0 Å². The molecule has 0 aromatic rings. The summed E-state index contributed by atoms with van der Waals surface area (Å²) in [5.74, 6) is 0. The molecule has 0 aliphatic rings. The lowest BCUT2D eigenvalue weighted by atomic mass is 10.0. The van der Waals surface area contributed by atoms with E-state index in [2.05, 4.69) is 58.5 Å². The highest BCUT2D eigenvalue weighted by Crippen LogP contribution is 2.12. The second-order valence-electron chi connectivity index (χ2n) is 4.27. The first kappa shape index (κ1) is 13.2. The van der Waals surface area contributed by atoms with Crippen LogP contribution in [0.5, 0.6) is 0 Å². The summed E-state index contributed by atoms with van der Waals surface area (Å²) in [4.78, 5) is 2.19. The molecule has 1 nitrogen and oxygen atoms in total. The summed E-state index contributed by atoms with van der Waals surface area (Å²) in [6.45, 7) is 11.4. The Morgan fingerprint density at radius 3 is 2.07 bits per heavy atom. The average molecular weight is 193 g/mol. The third-order valence-electron chi connectivity index (χ3n) is 1.99. The second kappa shape index (κ2) is 6.61. The van der Waals surface area contributed by atoms with Crippen LogP contribution in [0.25, 0.3) is 0 Å². The molecule has 0 heterocycles. The Morgan fingerprint density at radius 2 is 1.71 bits per heavy atom. The van der Waals surface area contributed by atoms with Crippen LogP contribution in [0.15, 0.2) is 35.5 Å². The van der Waals surface area contributed by atoms with Gasteiger partial charge in [0.05, 0.1) is 0 Å². The van der Waals surface area contributed by atoms with Gasteiger partial charge in [-0.3, -0.25) is 0 Å². The maximum Gasteiger partial charge on any atom is 0.00158 e. The molecule has 0 N–H and O–H groups in total. The van der Waals surface area contributed by atoms with E-state index >= 15 is 0 Å². The quantitative estimate of drug-likeness (QED) is 0.605. The minimum absolute atomic E-state index is 1.08. The summed E-state index contributed by atoms with van der Waals surface area (Å²) in [6, 6.07) is 0. The van der Waals surface area contributed by atoms with Gasteiger partial charge in [0.2, 0.25) is 0 Å². The monoisotopic (exact) mass is 193 g/mol. The molecule has 0 saturated carbocycles. The minimum atomic E-state index is 1.08. The molecule has 0 rings (SSSR count). The van der Waals surface area contributed by atoms with E-state index in [0.717, 1.165) is 13.0 Å². The lowest BCUT2D eigenvalue weighted by molar-refractivity contribution is 0.414. The molecule has 0 aromatic heterocycles. The largest absolute Gasteiger partial charge is 0.309 e. The molecule has 0 atom stereocenters. The van der Waals surface area contributed by atoms with Crippen LogP contribution in [0.2, 0.25) is 0 Å². The third kappa shape index (κ3) is 6.67. The Balaban J connectivity index is 4.38. The Bertz CT molecular complexity index is 240. The maximum absolute atomic E-state index is 4.00. The predicted molar refractivity (Wildman–Crippen MR) is 65.5 cm³/mol. The number of hydrogen-bond acceptors (Lipinski definition) is 1. The van der Waals surface area contributed by atoms with Crippen molar-refractivity contribution in [1.82, 2.24) is 4.90 Å². The molecule has 0 amide bonds. The molecule has 0 aromatic carbocycles. The van der Waals surface area contributed by atoms with Crippen molar-refractivity contribution in [2.75, 3.05) is 20.6 Å². The van der Waals surface area contributed by atoms with E-state index in [0.29, 0.717) is 0 Å². The van der Waals surface area contributed by atoms with Crippen molar-refractivity contribution in [3.63, 3.8) is 0 Å². The van der Waals surface area contributed by atoms with Gasteiger partial charge in [0.25, 0.3) is 0 Å². The second-order valence-corrected chi connectivity index (χ2v) is 4.27. The average Bonchev–Trinajstić information content (AvgIpc) is 2.02. The highest BCUT2D eigenvalue weighted by atomic mass is 15.0. The molecule has 14 heavy (non-hydrogen) atoms. The van der Waals surface area contributed by atoms with Gasteiger partial charge in [-0.05, 0) is 46.9 Å². The fourth-order valence-corrected chi connectivity index (χ4v) is 1.05. The van der Waals surface area contributed by atoms with E-state index in [1.165, 1.54) is 16.7 Å². The first-order valence-corrected chi connectivity index (χ1v) is 5.08. The van der Waals surface area contributed by atoms with Gasteiger partial charge >= 0.3 is 0 Å². The van der Waals surface area contributed by atoms with Gasteiger partial charge in [-0.2, -0.15) is 0 Å². The van der Waals surface area contributed by atoms with Crippen LogP contribution in [0.4, 0.5) is 0 Å². The number of allylic oxidation sites excluding steroid dienone is 4. The Kier molecular flexibility index (Phi) is 6.22. The summed E-state index contributed by atoms with van der Waals surface area (Å²) in [5, 5.41) is 0. The van der Waals surface area contributed by atoms with Crippen LogP contribution in [0.1, 0.15) is 27.2 Å². The maximum atomic E-state index is 4.00. The number of hydrogen-bond donors (Lipinski definition) is 0. The van der Waals surface area contributed by atoms with E-state index < -0.39 is 0 Å². The van der Waals surface area contributed by atoms with Crippen LogP contribution in [-0.2, 0) is 0 Å². The van der Waals surface area contributed by atoms with Gasteiger partial charge in [-0.15, -0.1) is 0 Å². The standard InChI is InChI=1S/C13H23N/c1-11(2)7-8-13(12(3)4)9-10-14(5)6/h7-8H,3,9-10H2,1-2,4-6H3/b13-8-. The summed E-state index contributed by atoms with van der Waals surface area (Å²) in [6.07, 6.45) is 5.41. The molecular weight excluding hydrogens is 170 g/mol. The van der Waals surface area contributed by atoms with Crippen molar-refractivity contribution in [2.45, 2.75) is 27.2 Å². The van der Waals surface area contributed by atoms with Crippen molar-refractivity contribution in [2.24, 2.45) is 0 Å². The molecule has 0 bridgehead atoms. The number of nitrogens with zero attached hydrogens (tertiary/aromatic N) is 1. The van der Waals surface area contributed by atoms with Gasteiger partial charge in [0, 0.05) is 6.54 Å². The Morgan fingerprint density at radius 1 is 1.14 bits per heavy atom. The Labute approximate surface area is 88.8 Å². The van der Waals surface area contributed by atoms with Crippen molar-refractivity contribution in [3.05, 3.63) is 35.5 Å². The molecule has 0 spiro atoms. The molecular formula is C13H23N. The van der Waals surface area contributed by atoms with E-state index in [1.54, 1.807) is 0 Å². The normalized spacial score (nSPS) is 11.7. The van der Waals surface area contributed by atoms with Crippen molar-refractivity contribution >= 4 is 0 Å². The molecule has 0 radical (unpaired) electrons. The lowest BCUT2D eigenvalue weighted by Crippen LogP contribution is -2.13. The summed E-state index contributed by atoms with van der Waals surface area (Å²) < 4.78 is 0. The van der Waals surface area contributed by atoms with Crippen LogP contribution in [-0.4, -0.2) is 25.5 Å². The molecule has 0 fully saturated rings. The van der Waals surface area contributed by atoms with Gasteiger partial charge in [-0.25, -0.2) is 0 Å². The minimum Gasteiger partial charge on any atom is -0.309 e. The van der Waals surface area contributed by atoms with Gasteiger partial charge in [-0.1, -0.05) is 29.9 Å². The fraction of sp³-hybridized carbons (Fsp3) is 0.538. The topological polar surface area (TPSA) is 3.24 Å². The first-order chi connectivity index (χ1) is 6.43. The van der Waals surface area contributed by atoms with Crippen molar-refractivity contribution < 1.29 is 0 Å². The van der Waals surface area contributed by atoms with E-state index in [9.17, 15) is 0 Å². The summed E-state index contributed by atoms with van der Waals surface area (Å²) in [5.41, 5.74) is 3.85. The lowest BCUT2D eigenvalue weighted by Gasteiger charge is -2.11. The molecule has 0 aliphatic carbocycles. The van der Waals surface area contributed by atoms with Gasteiger partial charge < -0.3 is 4.90 Å². The molecule has 1 heteroatoms. The third-order valence-corrected chi connectivity index (χ3v) is 1.99. The fourth-order valence-electron chi connectivity index (χ4n) is 1.05. The van der Waals surface area contributed by atoms with E-state index in [1.807, 2.05) is 0 Å². The number of rotatable bonds is 5. The molecule has 0 aliphatic heterocycles. The molecule has 0 unspecified atom stereocenters. The summed E-state index contributed by atoms with van der Waals surface area (Å²) in [7, 11) is 4.19. The first-order valence-electron chi connectivity index (χ1n) is 5.08. The Hall–Kier alpha value is -0.820. The highest BCUT2D eigenvalue weighted by Gasteiger charge is 1.98. The van der Waals surface area contributed by atoms with Gasteiger partial charge in [0.1, 0.15) is 0 Å². The van der Waals surface area contributed by atoms with Crippen LogP contribution >= 0.6 is 0 Å².